The fourth-order valence-corrected chi connectivity index (χ4v) is 8.66. The van der Waals surface area contributed by atoms with E-state index in [4.69, 9.17) is 0 Å². The van der Waals surface area contributed by atoms with E-state index in [1.165, 1.54) is 72.5 Å². The Balaban J connectivity index is 1.25. The fraction of sp³-hybridized carbons (Fsp3) is 0.148. The number of rotatable bonds is 6. The van der Waals surface area contributed by atoms with Crippen LogP contribution in [0, 0.1) is 0 Å². The van der Waals surface area contributed by atoms with Crippen LogP contribution in [0.25, 0.3) is 34.4 Å². The van der Waals surface area contributed by atoms with Crippen LogP contribution in [0.3, 0.4) is 0 Å². The van der Waals surface area contributed by atoms with Gasteiger partial charge >= 0.3 is 0 Å². The number of anilines is 6. The van der Waals surface area contributed by atoms with Crippen molar-refractivity contribution in [2.24, 2.45) is 0 Å². The van der Waals surface area contributed by atoms with Crippen LogP contribution >= 0.6 is 0 Å². The number of hydrogen-bond donors (Lipinski definition) is 0. The van der Waals surface area contributed by atoms with Crippen LogP contribution in [0.5, 0.6) is 0 Å². The molecule has 0 N–H and O–H groups in total. The minimum Gasteiger partial charge on any atom is -0.311 e. The van der Waals surface area contributed by atoms with Gasteiger partial charge in [0.1, 0.15) is 0 Å². The zero-order valence-corrected chi connectivity index (χ0v) is 34.0. The van der Waals surface area contributed by atoms with Crippen LogP contribution < -0.4 is 26.2 Å². The number of fused-ring (bicyclic) bond motifs is 4. The molecule has 0 unspecified atom stereocenters. The average Bonchev–Trinajstić information content (AvgIpc) is 3.23. The third kappa shape index (κ3) is 6.32. The molecule has 7 aromatic carbocycles. The molecule has 0 radical (unpaired) electrons. The lowest BCUT2D eigenvalue weighted by atomic mass is 9.33. The average molecular weight is 737 g/mol. The normalized spacial score (nSPS) is 13.1. The number of nitrogens with zero attached hydrogens (tertiary/aromatic N) is 2. The number of hydrogen-bond acceptors (Lipinski definition) is 2. The van der Waals surface area contributed by atoms with Crippen molar-refractivity contribution < 1.29 is 0 Å². The molecule has 0 saturated heterocycles. The Bertz CT molecular complexity index is 2470. The van der Waals surface area contributed by atoms with Crippen molar-refractivity contribution in [2.45, 2.75) is 52.4 Å². The summed E-state index contributed by atoms with van der Waals surface area (Å²) in [5, 5.41) is 0. The Morgan fingerprint density at radius 2 is 0.772 bits per heavy atom. The molecule has 0 bridgehead atoms. The molecule has 9 rings (SSSR count). The zero-order valence-electron chi connectivity index (χ0n) is 34.0. The van der Waals surface area contributed by atoms with Crippen LogP contribution in [-0.2, 0) is 10.8 Å². The number of benzene rings is 7. The molecule has 3 heteroatoms. The van der Waals surface area contributed by atoms with Crippen LogP contribution in [0.2, 0.25) is 0 Å². The Labute approximate surface area is 339 Å². The SMILES string of the molecule is C=Cc1ccc(-c2ccc(N3c4ccc(C(C)(C)C)cc4B4c5cc(C(C)(C)C)ccc5N(c5ccc(-c6ccc(C=C)cc6)cc5)c5cccc3c54)cc2)cc1. The first-order valence-corrected chi connectivity index (χ1v) is 20.1. The third-order valence-electron chi connectivity index (χ3n) is 11.9. The van der Waals surface area contributed by atoms with Crippen molar-refractivity contribution in [3.8, 4) is 22.3 Å². The van der Waals surface area contributed by atoms with Gasteiger partial charge in [0.2, 0.25) is 0 Å². The Morgan fingerprint density at radius 1 is 0.421 bits per heavy atom. The van der Waals surface area contributed by atoms with E-state index in [0.717, 1.165) is 22.5 Å². The van der Waals surface area contributed by atoms with Gasteiger partial charge < -0.3 is 9.80 Å². The van der Waals surface area contributed by atoms with E-state index >= 15 is 0 Å². The summed E-state index contributed by atoms with van der Waals surface area (Å²) in [5.74, 6) is 0. The first kappa shape index (κ1) is 36.3. The lowest BCUT2D eigenvalue weighted by Crippen LogP contribution is -2.61. The Kier molecular flexibility index (Phi) is 8.74. The molecule has 0 aromatic heterocycles. The van der Waals surface area contributed by atoms with Crippen LogP contribution in [0.15, 0.2) is 165 Å². The summed E-state index contributed by atoms with van der Waals surface area (Å²) in [4.78, 5) is 4.99. The molecule has 0 aliphatic carbocycles. The maximum atomic E-state index is 3.93. The minimum atomic E-state index is -0.00695. The molecule has 57 heavy (non-hydrogen) atoms. The van der Waals surface area contributed by atoms with Crippen molar-refractivity contribution in [2.75, 3.05) is 9.80 Å². The molecule has 278 valence electrons. The standard InChI is InChI=1S/C54H49BN2/c1-9-36-14-18-38(19-15-36)40-22-28-44(29-23-40)56-48-32-26-42(53(3,4)5)34-46(48)55-47-35-43(54(6,7)8)27-33-49(47)57(51-13-11-12-50(56)52(51)55)45-30-24-41(25-31-45)39-20-16-37(10-2)17-21-39/h9-35H,1-2H2,3-8H3. The predicted octanol–water partition coefficient (Wildman–Crippen LogP) is 13.0. The molecule has 0 spiro atoms. The van der Waals surface area contributed by atoms with Crippen LogP contribution in [0.4, 0.5) is 34.1 Å². The summed E-state index contributed by atoms with van der Waals surface area (Å²) < 4.78 is 0. The highest BCUT2D eigenvalue weighted by atomic mass is 15.2. The van der Waals surface area contributed by atoms with Gasteiger partial charge in [-0.3, -0.25) is 0 Å². The van der Waals surface area contributed by atoms with Gasteiger partial charge in [-0.2, -0.15) is 0 Å². The highest BCUT2D eigenvalue weighted by molar-refractivity contribution is 7.00. The van der Waals surface area contributed by atoms with E-state index < -0.39 is 0 Å². The second kappa shape index (κ2) is 13.7. The summed E-state index contributed by atoms with van der Waals surface area (Å²) >= 11 is 0. The second-order valence-corrected chi connectivity index (χ2v) is 17.6. The molecule has 0 saturated carbocycles. The van der Waals surface area contributed by atoms with Gasteiger partial charge in [0.05, 0.1) is 0 Å². The molecular formula is C54H49BN2. The van der Waals surface area contributed by atoms with E-state index in [-0.39, 0.29) is 17.5 Å². The third-order valence-corrected chi connectivity index (χ3v) is 11.9. The predicted molar refractivity (Wildman–Crippen MR) is 249 cm³/mol. The van der Waals surface area contributed by atoms with Crippen LogP contribution in [-0.4, -0.2) is 6.71 Å². The maximum absolute atomic E-state index is 3.93. The van der Waals surface area contributed by atoms with Crippen molar-refractivity contribution in [3.05, 3.63) is 187 Å². The molecule has 2 nitrogen and oxygen atoms in total. The fourth-order valence-electron chi connectivity index (χ4n) is 8.66. The van der Waals surface area contributed by atoms with Crippen molar-refractivity contribution in [1.82, 2.24) is 0 Å². The summed E-state index contributed by atoms with van der Waals surface area (Å²) in [5.41, 5.74) is 20.9. The smallest absolute Gasteiger partial charge is 0.252 e. The van der Waals surface area contributed by atoms with E-state index in [1.54, 1.807) is 0 Å². The molecule has 0 amide bonds. The van der Waals surface area contributed by atoms with Gasteiger partial charge in [-0.15, -0.1) is 0 Å². The zero-order chi connectivity index (χ0) is 39.6. The summed E-state index contributed by atoms with van der Waals surface area (Å²) in [6, 6.07) is 56.7. The van der Waals surface area contributed by atoms with Crippen molar-refractivity contribution >= 4 is 69.4 Å². The molecule has 2 heterocycles. The van der Waals surface area contributed by atoms with Gasteiger partial charge in [0, 0.05) is 34.1 Å². The van der Waals surface area contributed by atoms with Gasteiger partial charge in [0.15, 0.2) is 0 Å². The van der Waals surface area contributed by atoms with E-state index in [9.17, 15) is 0 Å². The summed E-state index contributed by atoms with van der Waals surface area (Å²) in [6.07, 6.45) is 3.78. The van der Waals surface area contributed by atoms with E-state index in [2.05, 4.69) is 216 Å². The molecule has 7 aromatic rings. The van der Waals surface area contributed by atoms with Crippen LogP contribution in [0.1, 0.15) is 63.8 Å². The van der Waals surface area contributed by atoms with Crippen molar-refractivity contribution in [1.29, 1.82) is 0 Å². The first-order chi connectivity index (χ1) is 27.4. The summed E-state index contributed by atoms with van der Waals surface area (Å²) in [6.45, 7) is 21.8. The molecule has 2 aliphatic heterocycles. The van der Waals surface area contributed by atoms with Gasteiger partial charge in [-0.05, 0) is 120 Å². The highest BCUT2D eigenvalue weighted by Crippen LogP contribution is 2.45. The van der Waals surface area contributed by atoms with Gasteiger partial charge in [-0.1, -0.05) is 170 Å². The summed E-state index contributed by atoms with van der Waals surface area (Å²) in [7, 11) is 0. The van der Waals surface area contributed by atoms with Gasteiger partial charge in [0.25, 0.3) is 6.71 Å². The Morgan fingerprint density at radius 3 is 1.11 bits per heavy atom. The largest absolute Gasteiger partial charge is 0.311 e. The van der Waals surface area contributed by atoms with Crippen molar-refractivity contribution in [3.63, 3.8) is 0 Å². The monoisotopic (exact) mass is 736 g/mol. The lowest BCUT2D eigenvalue weighted by Gasteiger charge is -2.44. The van der Waals surface area contributed by atoms with Gasteiger partial charge in [-0.25, -0.2) is 0 Å². The topological polar surface area (TPSA) is 6.48 Å². The molecular weight excluding hydrogens is 687 g/mol. The quantitative estimate of drug-likeness (QED) is 0.157. The molecule has 2 aliphatic rings. The lowest BCUT2D eigenvalue weighted by molar-refractivity contribution is 0.590. The van der Waals surface area contributed by atoms with E-state index in [0.29, 0.717) is 0 Å². The maximum Gasteiger partial charge on any atom is 0.252 e. The highest BCUT2D eigenvalue weighted by Gasteiger charge is 2.44. The first-order valence-electron chi connectivity index (χ1n) is 20.1. The molecule has 0 fully saturated rings. The minimum absolute atomic E-state index is 0.00695. The second-order valence-electron chi connectivity index (χ2n) is 17.6. The Hall–Kier alpha value is -6.32. The molecule has 0 atom stereocenters. The van der Waals surface area contributed by atoms with E-state index in [1.807, 2.05) is 12.2 Å².